The fraction of sp³-hybridized carbons (Fsp3) is 0.269. The van der Waals surface area contributed by atoms with Crippen LogP contribution >= 0.6 is 11.8 Å². The Balaban J connectivity index is 1.46. The van der Waals surface area contributed by atoms with Gasteiger partial charge in [-0.05, 0) is 48.0 Å². The highest BCUT2D eigenvalue weighted by Crippen LogP contribution is 2.34. The summed E-state index contributed by atoms with van der Waals surface area (Å²) in [5.74, 6) is 0.119. The number of hydrogen-bond donors (Lipinski definition) is 1. The molecule has 0 aliphatic carbocycles. The summed E-state index contributed by atoms with van der Waals surface area (Å²) in [5.41, 5.74) is 0.538. The number of benzene rings is 2. The van der Waals surface area contributed by atoms with Crippen LogP contribution in [0, 0.1) is 0 Å². The first kappa shape index (κ1) is 26.0. The predicted molar refractivity (Wildman–Crippen MR) is 141 cm³/mol. The molecule has 0 saturated carbocycles. The summed E-state index contributed by atoms with van der Waals surface area (Å²) in [6, 6.07) is 12.0. The second-order valence-corrected chi connectivity index (χ2v) is 9.12. The summed E-state index contributed by atoms with van der Waals surface area (Å²) >= 11 is 0.830. The number of nitrogens with zero attached hydrogens (tertiary/aromatic N) is 3. The maximum Gasteiger partial charge on any atom is 0.293 e. The molecule has 3 aromatic rings. The van der Waals surface area contributed by atoms with Crippen molar-refractivity contribution >= 4 is 45.7 Å². The van der Waals surface area contributed by atoms with Gasteiger partial charge in [-0.1, -0.05) is 31.2 Å². The highest BCUT2D eigenvalue weighted by atomic mass is 32.2. The minimum absolute atomic E-state index is 0.00773. The van der Waals surface area contributed by atoms with Crippen molar-refractivity contribution in [3.05, 3.63) is 69.0 Å². The van der Waals surface area contributed by atoms with Gasteiger partial charge in [-0.15, -0.1) is 0 Å². The number of aromatic nitrogens is 2. The Morgan fingerprint density at radius 2 is 1.76 bits per heavy atom. The molecule has 1 fully saturated rings. The van der Waals surface area contributed by atoms with E-state index >= 15 is 0 Å². The van der Waals surface area contributed by atoms with Crippen molar-refractivity contribution in [1.82, 2.24) is 20.0 Å². The maximum atomic E-state index is 13.0. The van der Waals surface area contributed by atoms with E-state index in [9.17, 15) is 19.2 Å². The summed E-state index contributed by atoms with van der Waals surface area (Å²) in [6.07, 6.45) is 2.29. The fourth-order valence-electron chi connectivity index (χ4n) is 3.92. The van der Waals surface area contributed by atoms with Crippen LogP contribution in [0.15, 0.2) is 52.2 Å². The van der Waals surface area contributed by atoms with Gasteiger partial charge in [0.2, 0.25) is 0 Å². The number of hydrogen-bond acceptors (Lipinski definition) is 8. The number of fused-ring (bicyclic) bond motifs is 1. The minimum atomic E-state index is -0.492. The van der Waals surface area contributed by atoms with Crippen molar-refractivity contribution in [2.24, 2.45) is 0 Å². The topological polar surface area (TPSA) is 120 Å². The molecular formula is C26H26N4O6S. The van der Waals surface area contributed by atoms with Gasteiger partial charge in [0.1, 0.15) is 0 Å². The molecule has 1 saturated heterocycles. The van der Waals surface area contributed by atoms with Crippen molar-refractivity contribution in [1.29, 1.82) is 0 Å². The van der Waals surface area contributed by atoms with Gasteiger partial charge in [0, 0.05) is 25.0 Å². The third-order valence-electron chi connectivity index (χ3n) is 5.72. The Labute approximate surface area is 217 Å². The second-order valence-electron chi connectivity index (χ2n) is 8.13. The van der Waals surface area contributed by atoms with Gasteiger partial charge >= 0.3 is 0 Å². The predicted octanol–water partition coefficient (Wildman–Crippen LogP) is 3.29. The molecule has 0 spiro atoms. The van der Waals surface area contributed by atoms with Gasteiger partial charge in [-0.3, -0.25) is 24.1 Å². The summed E-state index contributed by atoms with van der Waals surface area (Å²) in [7, 11) is 3.04. The van der Waals surface area contributed by atoms with Crippen molar-refractivity contribution in [3.8, 4) is 11.5 Å². The summed E-state index contributed by atoms with van der Waals surface area (Å²) in [5, 5.41) is 7.41. The third kappa shape index (κ3) is 5.36. The van der Waals surface area contributed by atoms with E-state index in [1.54, 1.807) is 48.5 Å². The van der Waals surface area contributed by atoms with Crippen molar-refractivity contribution < 1.29 is 23.9 Å². The molecule has 1 aliphatic heterocycles. The molecule has 0 atom stereocenters. The van der Waals surface area contributed by atoms with Crippen LogP contribution in [-0.2, 0) is 11.3 Å². The molecule has 0 radical (unpaired) electrons. The van der Waals surface area contributed by atoms with Crippen molar-refractivity contribution in [2.45, 2.75) is 19.9 Å². The van der Waals surface area contributed by atoms with Gasteiger partial charge in [-0.2, -0.15) is 5.10 Å². The molecule has 1 N–H and O–H groups in total. The number of carbonyl (C=O) groups excluding carboxylic acids is 3. The number of imide groups is 1. The SMILES string of the molecule is CCCn1nc(C(=O)NCCN2C(=O)S/C(=C/c3ccc(OC)c(OC)c3)C2=O)c2ccccc2c1=O. The Bertz CT molecular complexity index is 1470. The summed E-state index contributed by atoms with van der Waals surface area (Å²) in [4.78, 5) is 52.3. The molecule has 11 heteroatoms. The number of nitrogens with one attached hydrogen (secondary N) is 1. The monoisotopic (exact) mass is 522 g/mol. The zero-order valence-electron chi connectivity index (χ0n) is 20.6. The molecule has 0 unspecified atom stereocenters. The molecule has 3 amide bonds. The van der Waals surface area contributed by atoms with E-state index < -0.39 is 17.1 Å². The number of aryl methyl sites for hydroxylation is 1. The van der Waals surface area contributed by atoms with Crippen LogP contribution < -0.4 is 20.3 Å². The smallest absolute Gasteiger partial charge is 0.293 e. The molecule has 1 aromatic heterocycles. The van der Waals surface area contributed by atoms with E-state index in [2.05, 4.69) is 10.4 Å². The molecule has 2 aromatic carbocycles. The molecule has 192 valence electrons. The summed E-state index contributed by atoms with van der Waals surface area (Å²) < 4.78 is 11.8. The van der Waals surface area contributed by atoms with E-state index in [0.29, 0.717) is 40.8 Å². The van der Waals surface area contributed by atoms with Gasteiger partial charge in [0.15, 0.2) is 17.2 Å². The summed E-state index contributed by atoms with van der Waals surface area (Å²) in [6.45, 7) is 2.32. The van der Waals surface area contributed by atoms with Gasteiger partial charge < -0.3 is 14.8 Å². The first-order chi connectivity index (χ1) is 17.9. The van der Waals surface area contributed by atoms with Crippen molar-refractivity contribution in [2.75, 3.05) is 27.3 Å². The molecule has 1 aliphatic rings. The van der Waals surface area contributed by atoms with Crippen molar-refractivity contribution in [3.63, 3.8) is 0 Å². The number of thioether (sulfide) groups is 1. The van der Waals surface area contributed by atoms with E-state index in [1.165, 1.54) is 18.9 Å². The zero-order valence-corrected chi connectivity index (χ0v) is 21.5. The van der Waals surface area contributed by atoms with Gasteiger partial charge in [-0.25, -0.2) is 4.68 Å². The van der Waals surface area contributed by atoms with Crippen LogP contribution in [0.1, 0.15) is 29.4 Å². The molecule has 10 nitrogen and oxygen atoms in total. The Morgan fingerprint density at radius 1 is 1.03 bits per heavy atom. The number of carbonyl (C=O) groups is 3. The lowest BCUT2D eigenvalue weighted by Crippen LogP contribution is -2.38. The van der Waals surface area contributed by atoms with Crippen LogP contribution in [-0.4, -0.2) is 59.0 Å². The lowest BCUT2D eigenvalue weighted by molar-refractivity contribution is -0.122. The number of rotatable bonds is 9. The maximum absolute atomic E-state index is 13.0. The van der Waals surface area contributed by atoms with Crippen LogP contribution in [0.3, 0.4) is 0 Å². The number of amides is 3. The molecule has 2 heterocycles. The Kier molecular flexibility index (Phi) is 7.92. The van der Waals surface area contributed by atoms with Crippen LogP contribution in [0.4, 0.5) is 4.79 Å². The quantitative estimate of drug-likeness (QED) is 0.425. The largest absolute Gasteiger partial charge is 0.493 e. The van der Waals surface area contributed by atoms with Crippen LogP contribution in [0.25, 0.3) is 16.8 Å². The lowest BCUT2D eigenvalue weighted by atomic mass is 10.1. The average molecular weight is 523 g/mol. The van der Waals surface area contributed by atoms with Crippen LogP contribution in [0.2, 0.25) is 0 Å². The first-order valence-electron chi connectivity index (χ1n) is 11.6. The second kappa shape index (κ2) is 11.3. The average Bonchev–Trinajstić information content (AvgIpc) is 3.17. The third-order valence-corrected chi connectivity index (χ3v) is 6.63. The first-order valence-corrected chi connectivity index (χ1v) is 12.4. The standard InChI is InChI=1S/C26H26N4O6S/c1-4-12-30-24(32)18-8-6-5-7-17(18)22(28-30)23(31)27-11-13-29-25(33)21(37-26(29)34)15-16-9-10-19(35-2)20(14-16)36-3/h5-10,14-15H,4,11-13H2,1-3H3,(H,27,31)/b21-15+. The highest BCUT2D eigenvalue weighted by molar-refractivity contribution is 8.18. The highest BCUT2D eigenvalue weighted by Gasteiger charge is 2.34. The molecule has 37 heavy (non-hydrogen) atoms. The molecule has 0 bridgehead atoms. The normalized spacial score (nSPS) is 14.5. The van der Waals surface area contributed by atoms with Crippen LogP contribution in [0.5, 0.6) is 11.5 Å². The number of ether oxygens (including phenoxy) is 2. The van der Waals surface area contributed by atoms with E-state index in [-0.39, 0.29) is 29.2 Å². The Morgan fingerprint density at radius 3 is 2.46 bits per heavy atom. The molecular weight excluding hydrogens is 496 g/mol. The van der Waals surface area contributed by atoms with E-state index in [4.69, 9.17) is 9.47 Å². The number of methoxy groups -OCH3 is 2. The van der Waals surface area contributed by atoms with E-state index in [0.717, 1.165) is 16.7 Å². The molecule has 4 rings (SSSR count). The van der Waals surface area contributed by atoms with Gasteiger partial charge in [0.05, 0.1) is 24.5 Å². The Hall–Kier alpha value is -4.12. The van der Waals surface area contributed by atoms with E-state index in [1.807, 2.05) is 6.92 Å². The minimum Gasteiger partial charge on any atom is -0.493 e. The van der Waals surface area contributed by atoms with Gasteiger partial charge in [0.25, 0.3) is 22.6 Å². The lowest BCUT2D eigenvalue weighted by Gasteiger charge is -2.14. The fourth-order valence-corrected chi connectivity index (χ4v) is 4.78. The zero-order chi connectivity index (χ0) is 26.5.